The van der Waals surface area contributed by atoms with Gasteiger partial charge in [0.15, 0.2) is 5.84 Å². The number of nitrogens with zero attached hydrogens (tertiary/aromatic N) is 3. The topological polar surface area (TPSA) is 124 Å². The van der Waals surface area contributed by atoms with Crippen LogP contribution in [0.25, 0.3) is 0 Å². The third kappa shape index (κ3) is 7.97. The van der Waals surface area contributed by atoms with E-state index in [0.29, 0.717) is 18.8 Å². The lowest BCUT2D eigenvalue weighted by atomic mass is 10.1. The molecule has 3 N–H and O–H groups in total. The van der Waals surface area contributed by atoms with E-state index in [1.165, 1.54) is 32.4 Å². The van der Waals surface area contributed by atoms with Gasteiger partial charge >= 0.3 is 11.9 Å². The lowest BCUT2D eigenvalue weighted by molar-refractivity contribution is -0.134. The van der Waals surface area contributed by atoms with Crippen molar-refractivity contribution in [1.82, 2.24) is 15.4 Å². The Morgan fingerprint density at radius 2 is 1.93 bits per heavy atom. The number of aromatic nitrogens is 1. The second-order valence-electron chi connectivity index (χ2n) is 6.16. The number of hydrogen-bond acceptors (Lipinski definition) is 7. The number of carbonyl (C=O) groups is 2. The highest BCUT2D eigenvalue weighted by molar-refractivity contribution is 5.98. The highest BCUT2D eigenvalue weighted by Crippen LogP contribution is 2.12. The van der Waals surface area contributed by atoms with Gasteiger partial charge in [-0.25, -0.2) is 15.1 Å². The summed E-state index contributed by atoms with van der Waals surface area (Å²) in [6.07, 6.45) is 8.67. The highest BCUT2D eigenvalue weighted by atomic mass is 16.6. The zero-order valence-electron chi connectivity index (χ0n) is 15.0. The molecule has 0 spiro atoms. The smallest absolute Gasteiger partial charge is 0.328 e. The van der Waals surface area contributed by atoms with Crippen LogP contribution in [-0.2, 0) is 14.4 Å². The van der Waals surface area contributed by atoms with Crippen molar-refractivity contribution in [3.63, 3.8) is 0 Å². The van der Waals surface area contributed by atoms with Gasteiger partial charge in [-0.15, -0.1) is 0 Å². The normalized spacial score (nSPS) is 20.1. The summed E-state index contributed by atoms with van der Waals surface area (Å²) in [5.41, 5.74) is 3.87. The van der Waals surface area contributed by atoms with Crippen LogP contribution in [0.2, 0.25) is 0 Å². The fraction of sp³-hybridized carbons (Fsp3) is 0.444. The molecule has 0 aliphatic carbocycles. The molecular formula is C18H24N4O5. The van der Waals surface area contributed by atoms with Gasteiger partial charge in [0, 0.05) is 36.7 Å². The Balaban J connectivity index is 0.000000279. The van der Waals surface area contributed by atoms with Crippen LogP contribution in [0.3, 0.4) is 0 Å². The van der Waals surface area contributed by atoms with Crippen molar-refractivity contribution in [3.8, 4) is 0 Å². The minimum Gasteiger partial charge on any atom is -0.478 e. The molecule has 9 nitrogen and oxygen atoms in total. The van der Waals surface area contributed by atoms with Gasteiger partial charge < -0.3 is 15.1 Å². The van der Waals surface area contributed by atoms with Gasteiger partial charge in [0.05, 0.1) is 12.6 Å². The van der Waals surface area contributed by atoms with Gasteiger partial charge in [-0.05, 0) is 38.1 Å². The Morgan fingerprint density at radius 1 is 1.22 bits per heavy atom. The summed E-state index contributed by atoms with van der Waals surface area (Å²) < 4.78 is 0. The fourth-order valence-electron chi connectivity index (χ4n) is 2.76. The molecule has 0 bridgehead atoms. The number of amidine groups is 1. The average molecular weight is 376 g/mol. The molecule has 1 atom stereocenters. The summed E-state index contributed by atoms with van der Waals surface area (Å²) in [5.74, 6) is -1.72. The van der Waals surface area contributed by atoms with Crippen molar-refractivity contribution in [2.45, 2.75) is 25.3 Å². The van der Waals surface area contributed by atoms with Crippen molar-refractivity contribution >= 4 is 17.8 Å². The summed E-state index contributed by atoms with van der Waals surface area (Å²) in [6.45, 7) is 4.02. The molecule has 9 heteroatoms. The Hall–Kier alpha value is -2.78. The SMILES string of the molecule is O=C(O)/C=C\C(=O)O.c1cncc(C2=NC(CN3CCCCC3)CON2)c1. The maximum atomic E-state index is 9.55. The second-order valence-corrected chi connectivity index (χ2v) is 6.16. The minimum absolute atomic E-state index is 0.217. The van der Waals surface area contributed by atoms with Crippen LogP contribution in [0, 0.1) is 0 Å². The van der Waals surface area contributed by atoms with Gasteiger partial charge in [-0.3, -0.25) is 14.8 Å². The van der Waals surface area contributed by atoms with Crippen LogP contribution in [-0.4, -0.2) is 70.2 Å². The number of carboxylic acids is 2. The second kappa shape index (κ2) is 11.0. The van der Waals surface area contributed by atoms with E-state index in [-0.39, 0.29) is 6.04 Å². The van der Waals surface area contributed by atoms with Crippen molar-refractivity contribution in [2.24, 2.45) is 4.99 Å². The number of piperidine rings is 1. The molecule has 1 unspecified atom stereocenters. The molecule has 27 heavy (non-hydrogen) atoms. The van der Waals surface area contributed by atoms with E-state index in [9.17, 15) is 9.59 Å². The lowest BCUT2D eigenvalue weighted by Gasteiger charge is -2.30. The van der Waals surface area contributed by atoms with Gasteiger partial charge in [0.25, 0.3) is 0 Å². The minimum atomic E-state index is -1.26. The van der Waals surface area contributed by atoms with Crippen LogP contribution in [0.1, 0.15) is 24.8 Å². The highest BCUT2D eigenvalue weighted by Gasteiger charge is 2.20. The molecule has 0 saturated carbocycles. The summed E-state index contributed by atoms with van der Waals surface area (Å²) in [4.78, 5) is 35.9. The molecule has 1 fully saturated rings. The summed E-state index contributed by atoms with van der Waals surface area (Å²) in [6, 6.07) is 4.12. The predicted molar refractivity (Wildman–Crippen MR) is 98.4 cm³/mol. The van der Waals surface area contributed by atoms with Crippen LogP contribution in [0.15, 0.2) is 41.7 Å². The lowest BCUT2D eigenvalue weighted by Crippen LogP contribution is -2.43. The van der Waals surface area contributed by atoms with Crippen molar-refractivity contribution in [2.75, 3.05) is 26.2 Å². The van der Waals surface area contributed by atoms with E-state index in [0.717, 1.165) is 17.9 Å². The molecule has 146 valence electrons. The van der Waals surface area contributed by atoms with Gasteiger partial charge in [-0.1, -0.05) is 6.42 Å². The van der Waals surface area contributed by atoms with Gasteiger partial charge in [0.2, 0.25) is 0 Å². The number of hydrogen-bond donors (Lipinski definition) is 3. The Labute approximate surface area is 157 Å². The maximum Gasteiger partial charge on any atom is 0.328 e. The van der Waals surface area contributed by atoms with Gasteiger partial charge in [-0.2, -0.15) is 0 Å². The monoisotopic (exact) mass is 376 g/mol. The Bertz CT molecular complexity index is 656. The van der Waals surface area contributed by atoms with Crippen molar-refractivity contribution in [3.05, 3.63) is 42.2 Å². The summed E-state index contributed by atoms with van der Waals surface area (Å²) in [5, 5.41) is 15.6. The van der Waals surface area contributed by atoms with Crippen molar-refractivity contribution < 1.29 is 24.6 Å². The third-order valence-corrected chi connectivity index (χ3v) is 3.98. The first-order valence-electron chi connectivity index (χ1n) is 8.77. The first kappa shape index (κ1) is 20.5. The number of hydroxylamine groups is 1. The molecule has 0 radical (unpaired) electrons. The molecule has 1 aromatic rings. The Kier molecular flexibility index (Phi) is 8.40. The predicted octanol–water partition coefficient (Wildman–Crippen LogP) is 0.929. The van der Waals surface area contributed by atoms with E-state index >= 15 is 0 Å². The van der Waals surface area contributed by atoms with E-state index < -0.39 is 11.9 Å². The molecule has 2 aliphatic rings. The zero-order chi connectivity index (χ0) is 19.5. The van der Waals surface area contributed by atoms with E-state index in [4.69, 9.17) is 20.0 Å². The summed E-state index contributed by atoms with van der Waals surface area (Å²) >= 11 is 0. The Morgan fingerprint density at radius 3 is 2.52 bits per heavy atom. The molecule has 0 amide bonds. The van der Waals surface area contributed by atoms with Crippen LogP contribution in [0.5, 0.6) is 0 Å². The number of pyridine rings is 1. The third-order valence-electron chi connectivity index (χ3n) is 3.98. The van der Waals surface area contributed by atoms with E-state index in [1.807, 2.05) is 12.1 Å². The number of aliphatic carboxylic acids is 2. The first-order chi connectivity index (χ1) is 13.0. The average Bonchev–Trinajstić information content (AvgIpc) is 2.69. The zero-order valence-corrected chi connectivity index (χ0v) is 15.0. The standard InChI is InChI=1S/C14H20N4O.C4H4O4/c1-2-7-18(8-3-1)10-13-11-19-17-14(16-13)12-5-4-6-15-9-12;5-3(6)1-2-4(7)8/h4-6,9,13H,1-3,7-8,10-11H2,(H,16,17);1-2H,(H,5,6)(H,7,8)/b;2-1-. The molecule has 3 rings (SSSR count). The summed E-state index contributed by atoms with van der Waals surface area (Å²) in [7, 11) is 0. The van der Waals surface area contributed by atoms with Crippen LogP contribution in [0.4, 0.5) is 0 Å². The molecule has 1 aromatic heterocycles. The molecule has 0 aromatic carbocycles. The quantitative estimate of drug-likeness (QED) is 0.648. The molecule has 2 aliphatic heterocycles. The van der Waals surface area contributed by atoms with E-state index in [1.54, 1.807) is 12.4 Å². The molecule has 1 saturated heterocycles. The number of rotatable bonds is 5. The maximum absolute atomic E-state index is 9.55. The van der Waals surface area contributed by atoms with Crippen LogP contribution < -0.4 is 5.48 Å². The number of likely N-dealkylation sites (tertiary alicyclic amines) is 1. The van der Waals surface area contributed by atoms with Gasteiger partial charge in [0.1, 0.15) is 0 Å². The molecule has 3 heterocycles. The number of nitrogens with one attached hydrogen (secondary N) is 1. The van der Waals surface area contributed by atoms with Crippen molar-refractivity contribution in [1.29, 1.82) is 0 Å². The fourth-order valence-corrected chi connectivity index (χ4v) is 2.76. The van der Waals surface area contributed by atoms with E-state index in [2.05, 4.69) is 15.4 Å². The number of carboxylic acid groups (broad SMARTS) is 2. The largest absolute Gasteiger partial charge is 0.478 e. The first-order valence-corrected chi connectivity index (χ1v) is 8.77. The molecular weight excluding hydrogens is 352 g/mol. The van der Waals surface area contributed by atoms with Crippen LogP contribution >= 0.6 is 0 Å². The number of aliphatic imine (C=N–C) groups is 1.